The summed E-state index contributed by atoms with van der Waals surface area (Å²) in [7, 11) is 1.64. The van der Waals surface area contributed by atoms with Crippen LogP contribution in [0.2, 0.25) is 0 Å². The van der Waals surface area contributed by atoms with E-state index in [4.69, 9.17) is 4.74 Å². The first-order valence-corrected chi connectivity index (χ1v) is 5.58. The van der Waals surface area contributed by atoms with Gasteiger partial charge in [0.15, 0.2) is 0 Å². The number of hydrogen-bond donors (Lipinski definition) is 0. The summed E-state index contributed by atoms with van der Waals surface area (Å²) in [5.74, 6) is 0.790. The Morgan fingerprint density at radius 1 is 1.17 bits per heavy atom. The van der Waals surface area contributed by atoms with Crippen molar-refractivity contribution in [2.75, 3.05) is 7.11 Å². The molecule has 90 valence electrons. The van der Waals surface area contributed by atoms with Crippen molar-refractivity contribution in [3.8, 4) is 17.1 Å². The zero-order chi connectivity index (χ0) is 12.5. The van der Waals surface area contributed by atoms with Crippen molar-refractivity contribution in [3.05, 3.63) is 42.6 Å². The Hall–Kier alpha value is -2.43. The van der Waals surface area contributed by atoms with Crippen LogP contribution in [0.1, 0.15) is 5.69 Å². The van der Waals surface area contributed by atoms with Crippen molar-refractivity contribution >= 4 is 5.65 Å². The first-order valence-electron chi connectivity index (χ1n) is 5.58. The molecule has 5 nitrogen and oxygen atoms in total. The molecule has 0 aliphatic heterocycles. The molecule has 3 aromatic rings. The average Bonchev–Trinajstić information content (AvgIpc) is 2.81. The molecule has 3 heterocycles. The van der Waals surface area contributed by atoms with Crippen molar-refractivity contribution in [2.24, 2.45) is 0 Å². The third-order valence-electron chi connectivity index (χ3n) is 2.79. The van der Waals surface area contributed by atoms with E-state index in [0.717, 1.165) is 28.5 Å². The maximum atomic E-state index is 5.18. The minimum Gasteiger partial charge on any atom is -0.497 e. The smallest absolute Gasteiger partial charge is 0.140 e. The van der Waals surface area contributed by atoms with Gasteiger partial charge in [-0.2, -0.15) is 0 Å². The van der Waals surface area contributed by atoms with Gasteiger partial charge in [0.05, 0.1) is 24.7 Å². The number of hydrogen-bond acceptors (Lipinski definition) is 4. The second-order valence-electron chi connectivity index (χ2n) is 3.98. The Labute approximate surface area is 104 Å². The molecule has 3 rings (SSSR count). The summed E-state index contributed by atoms with van der Waals surface area (Å²) < 4.78 is 7.15. The number of ether oxygens (including phenoxy) is 1. The standard InChI is InChI=1S/C13H12N4O/c1-9-5-11(16-8-15-9)12-7-14-13-6-10(18-2)3-4-17(12)13/h3-8H,1-2H3. The predicted octanol–water partition coefficient (Wildman–Crippen LogP) is 2.11. The molecule has 0 amide bonds. The first kappa shape index (κ1) is 10.7. The van der Waals surface area contributed by atoms with E-state index in [1.807, 2.05) is 35.7 Å². The topological polar surface area (TPSA) is 52.3 Å². The van der Waals surface area contributed by atoms with Crippen molar-refractivity contribution in [2.45, 2.75) is 6.92 Å². The summed E-state index contributed by atoms with van der Waals surface area (Å²) in [6, 6.07) is 5.72. The van der Waals surface area contributed by atoms with Gasteiger partial charge in [-0.1, -0.05) is 0 Å². The quantitative estimate of drug-likeness (QED) is 0.688. The van der Waals surface area contributed by atoms with Crippen molar-refractivity contribution in [1.82, 2.24) is 19.4 Å². The third-order valence-corrected chi connectivity index (χ3v) is 2.79. The number of methoxy groups -OCH3 is 1. The molecule has 0 aliphatic rings. The van der Waals surface area contributed by atoms with Gasteiger partial charge in [-0.15, -0.1) is 0 Å². The number of nitrogens with zero attached hydrogens (tertiary/aromatic N) is 4. The lowest BCUT2D eigenvalue weighted by atomic mass is 10.3. The van der Waals surface area contributed by atoms with Crippen LogP contribution in [-0.4, -0.2) is 26.5 Å². The summed E-state index contributed by atoms with van der Waals surface area (Å²) in [4.78, 5) is 12.7. The average molecular weight is 240 g/mol. The predicted molar refractivity (Wildman–Crippen MR) is 67.5 cm³/mol. The maximum Gasteiger partial charge on any atom is 0.140 e. The minimum atomic E-state index is 0.790. The fraction of sp³-hybridized carbons (Fsp3) is 0.154. The number of aromatic nitrogens is 4. The van der Waals surface area contributed by atoms with E-state index in [0.29, 0.717) is 0 Å². The second kappa shape index (κ2) is 4.10. The van der Waals surface area contributed by atoms with Crippen molar-refractivity contribution in [1.29, 1.82) is 0 Å². The van der Waals surface area contributed by atoms with Gasteiger partial charge < -0.3 is 4.74 Å². The normalized spacial score (nSPS) is 10.8. The van der Waals surface area contributed by atoms with Crippen LogP contribution in [0.5, 0.6) is 5.75 Å². The lowest BCUT2D eigenvalue weighted by Gasteiger charge is -2.03. The Morgan fingerprint density at radius 3 is 2.83 bits per heavy atom. The largest absolute Gasteiger partial charge is 0.497 e. The molecule has 0 aromatic carbocycles. The minimum absolute atomic E-state index is 0.790. The van der Waals surface area contributed by atoms with E-state index in [2.05, 4.69) is 15.0 Å². The van der Waals surface area contributed by atoms with Gasteiger partial charge in [-0.25, -0.2) is 15.0 Å². The van der Waals surface area contributed by atoms with Gasteiger partial charge in [-0.3, -0.25) is 4.40 Å². The van der Waals surface area contributed by atoms with Crippen LogP contribution in [0, 0.1) is 6.92 Å². The van der Waals surface area contributed by atoms with Crippen molar-refractivity contribution in [3.63, 3.8) is 0 Å². The Balaban J connectivity index is 2.18. The molecule has 0 radical (unpaired) electrons. The Bertz CT molecular complexity index is 705. The molecule has 0 saturated carbocycles. The van der Waals surface area contributed by atoms with E-state index in [-0.39, 0.29) is 0 Å². The zero-order valence-electron chi connectivity index (χ0n) is 10.2. The number of imidazole rings is 1. The summed E-state index contributed by atoms with van der Waals surface area (Å²) in [5, 5.41) is 0. The number of fused-ring (bicyclic) bond motifs is 1. The van der Waals surface area contributed by atoms with E-state index >= 15 is 0 Å². The van der Waals surface area contributed by atoms with Crippen LogP contribution in [0.4, 0.5) is 0 Å². The zero-order valence-corrected chi connectivity index (χ0v) is 10.2. The highest BCUT2D eigenvalue weighted by Crippen LogP contribution is 2.21. The molecule has 0 unspecified atom stereocenters. The first-order chi connectivity index (χ1) is 8.78. The van der Waals surface area contributed by atoms with E-state index in [9.17, 15) is 0 Å². The van der Waals surface area contributed by atoms with Gasteiger partial charge in [0.1, 0.15) is 17.7 Å². The van der Waals surface area contributed by atoms with Crippen LogP contribution in [0.25, 0.3) is 17.0 Å². The number of pyridine rings is 1. The molecule has 3 aromatic heterocycles. The third kappa shape index (κ3) is 1.69. The molecule has 0 bridgehead atoms. The molecule has 0 spiro atoms. The SMILES string of the molecule is COc1ccn2c(-c3cc(C)ncn3)cnc2c1. The van der Waals surface area contributed by atoms with Crippen LogP contribution in [0.15, 0.2) is 36.9 Å². The lowest BCUT2D eigenvalue weighted by Crippen LogP contribution is -1.93. The maximum absolute atomic E-state index is 5.18. The van der Waals surface area contributed by atoms with E-state index in [1.54, 1.807) is 19.6 Å². The summed E-state index contributed by atoms with van der Waals surface area (Å²) in [5.41, 5.74) is 3.57. The highest BCUT2D eigenvalue weighted by molar-refractivity contribution is 5.61. The van der Waals surface area contributed by atoms with Gasteiger partial charge in [0.25, 0.3) is 0 Å². The van der Waals surface area contributed by atoms with Gasteiger partial charge in [0, 0.05) is 18.0 Å². The summed E-state index contributed by atoms with van der Waals surface area (Å²) >= 11 is 0. The fourth-order valence-corrected chi connectivity index (χ4v) is 1.87. The monoisotopic (exact) mass is 240 g/mol. The molecule has 0 N–H and O–H groups in total. The molecule has 0 atom stereocenters. The molecule has 0 saturated heterocycles. The van der Waals surface area contributed by atoms with Crippen molar-refractivity contribution < 1.29 is 4.74 Å². The van der Waals surface area contributed by atoms with Gasteiger partial charge >= 0.3 is 0 Å². The fourth-order valence-electron chi connectivity index (χ4n) is 1.87. The van der Waals surface area contributed by atoms with Crippen LogP contribution >= 0.6 is 0 Å². The van der Waals surface area contributed by atoms with Crippen LogP contribution in [-0.2, 0) is 0 Å². The molecular weight excluding hydrogens is 228 g/mol. The molecule has 5 heteroatoms. The van der Waals surface area contributed by atoms with Gasteiger partial charge in [-0.05, 0) is 19.1 Å². The Morgan fingerprint density at radius 2 is 2.06 bits per heavy atom. The highest BCUT2D eigenvalue weighted by Gasteiger charge is 2.08. The molecule has 0 fully saturated rings. The molecule has 0 aliphatic carbocycles. The summed E-state index contributed by atoms with van der Waals surface area (Å²) in [6.45, 7) is 1.94. The van der Waals surface area contributed by atoms with E-state index in [1.165, 1.54) is 0 Å². The lowest BCUT2D eigenvalue weighted by molar-refractivity contribution is 0.414. The number of aryl methyl sites for hydroxylation is 1. The molecule has 18 heavy (non-hydrogen) atoms. The van der Waals surface area contributed by atoms with E-state index < -0.39 is 0 Å². The number of rotatable bonds is 2. The molecular formula is C13H12N4O. The second-order valence-corrected chi connectivity index (χ2v) is 3.98. The van der Waals surface area contributed by atoms with Crippen LogP contribution < -0.4 is 4.74 Å². The Kier molecular flexibility index (Phi) is 2.44. The highest BCUT2D eigenvalue weighted by atomic mass is 16.5. The van der Waals surface area contributed by atoms with Crippen LogP contribution in [0.3, 0.4) is 0 Å². The van der Waals surface area contributed by atoms with Gasteiger partial charge in [0.2, 0.25) is 0 Å². The summed E-state index contributed by atoms with van der Waals surface area (Å²) in [6.07, 6.45) is 5.29.